The van der Waals surface area contributed by atoms with Crippen LogP contribution in [0.2, 0.25) is 0 Å². The summed E-state index contributed by atoms with van der Waals surface area (Å²) >= 11 is 0. The van der Waals surface area contributed by atoms with Gasteiger partial charge in [0.25, 0.3) is 0 Å². The van der Waals surface area contributed by atoms with Crippen molar-refractivity contribution in [1.29, 1.82) is 0 Å². The molecule has 2 aromatic rings. The van der Waals surface area contributed by atoms with Crippen molar-refractivity contribution in [2.24, 2.45) is 5.73 Å². The second-order valence-corrected chi connectivity index (χ2v) is 3.32. The Hall–Kier alpha value is -1.82. The summed E-state index contributed by atoms with van der Waals surface area (Å²) in [5, 5.41) is 7.59. The van der Waals surface area contributed by atoms with E-state index in [4.69, 9.17) is 5.73 Å². The molecule has 6 heteroatoms. The molecule has 0 spiro atoms. The lowest BCUT2D eigenvalue weighted by Gasteiger charge is -2.00. The van der Waals surface area contributed by atoms with E-state index in [0.717, 1.165) is 6.07 Å². The third-order valence-electron chi connectivity index (χ3n) is 2.05. The second kappa shape index (κ2) is 4.36. The van der Waals surface area contributed by atoms with Crippen LogP contribution in [0.1, 0.15) is 5.69 Å². The van der Waals surface area contributed by atoms with Crippen molar-refractivity contribution in [3.05, 3.63) is 41.7 Å². The summed E-state index contributed by atoms with van der Waals surface area (Å²) in [6, 6.07) is 3.18. The fourth-order valence-corrected chi connectivity index (χ4v) is 1.36. The van der Waals surface area contributed by atoms with Gasteiger partial charge in [-0.15, -0.1) is 5.10 Å². The number of nitrogens with two attached hydrogens (primary N) is 1. The van der Waals surface area contributed by atoms with Crippen molar-refractivity contribution in [3.8, 4) is 5.69 Å². The van der Waals surface area contributed by atoms with Crippen molar-refractivity contribution in [1.82, 2.24) is 15.0 Å². The van der Waals surface area contributed by atoms with Gasteiger partial charge in [0, 0.05) is 12.5 Å². The van der Waals surface area contributed by atoms with Crippen LogP contribution in [0.3, 0.4) is 0 Å². The number of rotatable bonds is 3. The standard InChI is InChI=1S/C10H10F2N4/c11-7-3-8(12)5-10(4-7)16-6-9(1-2-13)14-15-16/h3-6H,1-2,13H2. The third-order valence-corrected chi connectivity index (χ3v) is 2.05. The first-order chi connectivity index (χ1) is 7.69. The maximum Gasteiger partial charge on any atom is 0.128 e. The van der Waals surface area contributed by atoms with Crippen LogP contribution in [0.4, 0.5) is 8.78 Å². The largest absolute Gasteiger partial charge is 0.330 e. The number of nitrogens with zero attached hydrogens (tertiary/aromatic N) is 3. The molecular weight excluding hydrogens is 214 g/mol. The highest BCUT2D eigenvalue weighted by Gasteiger charge is 2.05. The molecule has 16 heavy (non-hydrogen) atoms. The molecule has 2 rings (SSSR count). The van der Waals surface area contributed by atoms with Crippen molar-refractivity contribution in [2.75, 3.05) is 6.54 Å². The molecule has 0 aliphatic carbocycles. The minimum atomic E-state index is -0.647. The average molecular weight is 224 g/mol. The van der Waals surface area contributed by atoms with Crippen molar-refractivity contribution >= 4 is 0 Å². The van der Waals surface area contributed by atoms with Gasteiger partial charge in [-0.25, -0.2) is 13.5 Å². The lowest BCUT2D eigenvalue weighted by atomic mass is 10.3. The first kappa shape index (κ1) is 10.7. The number of hydrogen-bond donors (Lipinski definition) is 1. The van der Waals surface area contributed by atoms with Crippen LogP contribution in [0.5, 0.6) is 0 Å². The first-order valence-corrected chi connectivity index (χ1v) is 4.77. The topological polar surface area (TPSA) is 56.7 Å². The summed E-state index contributed by atoms with van der Waals surface area (Å²) in [4.78, 5) is 0. The van der Waals surface area contributed by atoms with Crippen LogP contribution < -0.4 is 5.73 Å². The van der Waals surface area contributed by atoms with Gasteiger partial charge in [-0.1, -0.05) is 5.21 Å². The van der Waals surface area contributed by atoms with Crippen molar-refractivity contribution in [2.45, 2.75) is 6.42 Å². The molecule has 0 aliphatic heterocycles. The van der Waals surface area contributed by atoms with Crippen LogP contribution in [-0.2, 0) is 6.42 Å². The highest BCUT2D eigenvalue weighted by atomic mass is 19.1. The molecule has 0 unspecified atom stereocenters. The van der Waals surface area contributed by atoms with E-state index in [1.807, 2.05) is 0 Å². The van der Waals surface area contributed by atoms with E-state index in [2.05, 4.69) is 10.3 Å². The van der Waals surface area contributed by atoms with Crippen molar-refractivity contribution in [3.63, 3.8) is 0 Å². The molecule has 0 saturated carbocycles. The molecule has 0 atom stereocenters. The Morgan fingerprint density at radius 2 is 1.88 bits per heavy atom. The van der Waals surface area contributed by atoms with Gasteiger partial charge >= 0.3 is 0 Å². The molecule has 1 aromatic carbocycles. The van der Waals surface area contributed by atoms with Gasteiger partial charge in [0.05, 0.1) is 17.6 Å². The summed E-state index contributed by atoms with van der Waals surface area (Å²) in [6.45, 7) is 0.455. The van der Waals surface area contributed by atoms with Gasteiger partial charge in [0.1, 0.15) is 11.6 Å². The monoisotopic (exact) mass is 224 g/mol. The lowest BCUT2D eigenvalue weighted by Crippen LogP contribution is -2.02. The van der Waals surface area contributed by atoms with E-state index in [-0.39, 0.29) is 0 Å². The van der Waals surface area contributed by atoms with E-state index in [1.165, 1.54) is 16.8 Å². The summed E-state index contributed by atoms with van der Waals surface area (Å²) in [6.07, 6.45) is 2.18. The molecule has 0 radical (unpaired) electrons. The number of aromatic nitrogens is 3. The zero-order chi connectivity index (χ0) is 11.5. The molecule has 0 bridgehead atoms. The summed E-state index contributed by atoms with van der Waals surface area (Å²) in [5.41, 5.74) is 6.35. The Labute approximate surface area is 90.7 Å². The van der Waals surface area contributed by atoms with Crippen LogP contribution >= 0.6 is 0 Å². The maximum atomic E-state index is 12.9. The predicted molar refractivity (Wildman–Crippen MR) is 54.0 cm³/mol. The molecule has 84 valence electrons. The Morgan fingerprint density at radius 1 is 1.19 bits per heavy atom. The zero-order valence-electron chi connectivity index (χ0n) is 8.40. The summed E-state index contributed by atoms with van der Waals surface area (Å²) < 4.78 is 27.2. The quantitative estimate of drug-likeness (QED) is 0.847. The van der Waals surface area contributed by atoms with E-state index in [9.17, 15) is 8.78 Å². The smallest absolute Gasteiger partial charge is 0.128 e. The van der Waals surface area contributed by atoms with E-state index in [1.54, 1.807) is 6.20 Å². The molecule has 1 heterocycles. The third kappa shape index (κ3) is 2.22. The Morgan fingerprint density at radius 3 is 2.50 bits per heavy atom. The SMILES string of the molecule is NCCc1cn(-c2cc(F)cc(F)c2)nn1. The summed E-state index contributed by atoms with van der Waals surface area (Å²) in [7, 11) is 0. The minimum absolute atomic E-state index is 0.299. The molecular formula is C10H10F2N4. The molecule has 4 nitrogen and oxygen atoms in total. The number of hydrogen-bond acceptors (Lipinski definition) is 3. The van der Waals surface area contributed by atoms with E-state index >= 15 is 0 Å². The first-order valence-electron chi connectivity index (χ1n) is 4.77. The van der Waals surface area contributed by atoms with Crippen LogP contribution in [0, 0.1) is 11.6 Å². The Balaban J connectivity index is 2.34. The highest BCUT2D eigenvalue weighted by Crippen LogP contribution is 2.12. The molecule has 1 aromatic heterocycles. The summed E-state index contributed by atoms with van der Waals surface area (Å²) in [5.74, 6) is -1.29. The minimum Gasteiger partial charge on any atom is -0.330 e. The van der Waals surface area contributed by atoms with Gasteiger partial charge in [-0.05, 0) is 18.7 Å². The van der Waals surface area contributed by atoms with Gasteiger partial charge in [0.15, 0.2) is 0 Å². The van der Waals surface area contributed by atoms with Crippen molar-refractivity contribution < 1.29 is 8.78 Å². The Kier molecular flexibility index (Phi) is 2.91. The van der Waals surface area contributed by atoms with E-state index < -0.39 is 11.6 Å². The predicted octanol–water partition coefficient (Wildman–Crippen LogP) is 1.05. The molecule has 2 N–H and O–H groups in total. The van der Waals surface area contributed by atoms with E-state index in [0.29, 0.717) is 24.3 Å². The van der Waals surface area contributed by atoms with Gasteiger partial charge in [-0.3, -0.25) is 0 Å². The molecule has 0 aliphatic rings. The Bertz CT molecular complexity index is 475. The second-order valence-electron chi connectivity index (χ2n) is 3.32. The van der Waals surface area contributed by atoms with Crippen LogP contribution in [-0.4, -0.2) is 21.5 Å². The van der Waals surface area contributed by atoms with Crippen LogP contribution in [0.25, 0.3) is 5.69 Å². The molecule has 0 amide bonds. The lowest BCUT2D eigenvalue weighted by molar-refractivity contribution is 0.579. The fraction of sp³-hybridized carbons (Fsp3) is 0.200. The van der Waals surface area contributed by atoms with Gasteiger partial charge in [-0.2, -0.15) is 0 Å². The maximum absolute atomic E-state index is 12.9. The number of halogens is 2. The van der Waals surface area contributed by atoms with Crippen LogP contribution in [0.15, 0.2) is 24.4 Å². The normalized spacial score (nSPS) is 10.7. The fourth-order valence-electron chi connectivity index (χ4n) is 1.36. The van der Waals surface area contributed by atoms with Gasteiger partial charge < -0.3 is 5.73 Å². The molecule has 0 saturated heterocycles. The highest BCUT2D eigenvalue weighted by molar-refractivity contribution is 5.31. The molecule has 0 fully saturated rings. The van der Waals surface area contributed by atoms with Gasteiger partial charge in [0.2, 0.25) is 0 Å². The number of benzene rings is 1. The zero-order valence-corrected chi connectivity index (χ0v) is 8.40. The average Bonchev–Trinajstić information content (AvgIpc) is 2.65.